The number of nitrogens with zero attached hydrogens (tertiary/aromatic N) is 6. The highest BCUT2D eigenvalue weighted by Gasteiger charge is 2.19. The molecule has 0 spiro atoms. The Bertz CT molecular complexity index is 2210. The van der Waals surface area contributed by atoms with Crippen molar-refractivity contribution in [2.75, 3.05) is 0 Å². The second kappa shape index (κ2) is 14.1. The first-order chi connectivity index (χ1) is 24.8. The fraction of sp³-hybridized carbons (Fsp3) is 0. The molecule has 236 valence electrons. The van der Waals surface area contributed by atoms with E-state index in [0.717, 1.165) is 78.4 Å². The summed E-state index contributed by atoms with van der Waals surface area (Å²) < 4.78 is 0. The Morgan fingerprint density at radius 2 is 0.520 bits per heavy atom. The van der Waals surface area contributed by atoms with E-state index in [1.165, 1.54) is 0 Å². The Morgan fingerprint density at radius 1 is 0.260 bits per heavy atom. The molecule has 0 N–H and O–H groups in total. The van der Waals surface area contributed by atoms with Gasteiger partial charge in [-0.05, 0) is 32.7 Å². The molecule has 0 atom stereocenters. The number of hydrogen-bond acceptors (Lipinski definition) is 6. The van der Waals surface area contributed by atoms with Crippen molar-refractivity contribution in [3.63, 3.8) is 0 Å². The van der Waals surface area contributed by atoms with Gasteiger partial charge in [0.1, 0.15) is 22.8 Å². The molecule has 6 nitrogen and oxygen atoms in total. The number of benzene rings is 6. The maximum atomic E-state index is 4.52. The van der Waals surface area contributed by atoms with Crippen LogP contribution in [0.2, 0.25) is 0 Å². The highest BCUT2D eigenvalue weighted by molar-refractivity contribution is 5.92. The van der Waals surface area contributed by atoms with E-state index >= 15 is 0 Å². The van der Waals surface area contributed by atoms with Gasteiger partial charge in [-0.1, -0.05) is 182 Å². The summed E-state index contributed by atoms with van der Waals surface area (Å²) in [7, 11) is 0. The maximum absolute atomic E-state index is 4.52. The first-order valence-electron chi connectivity index (χ1n) is 16.4. The largest absolute Gasteiger partial charge is 0.129 e. The van der Waals surface area contributed by atoms with Crippen LogP contribution in [0.1, 0.15) is 11.1 Å². The SMILES string of the molecule is C(=Cc1ccc(-c2nnnc(-c3ccccc3)c2-c2ccccc2)cc1)c1ccc(-c2nnnc(-c3ccccc3)c2-c2ccccc2)cc1. The van der Waals surface area contributed by atoms with E-state index in [1.54, 1.807) is 0 Å². The van der Waals surface area contributed by atoms with Gasteiger partial charge in [0.25, 0.3) is 0 Å². The molecule has 8 rings (SSSR count). The zero-order valence-corrected chi connectivity index (χ0v) is 27.0. The summed E-state index contributed by atoms with van der Waals surface area (Å²) in [5.74, 6) is 0. The predicted molar refractivity (Wildman–Crippen MR) is 201 cm³/mol. The van der Waals surface area contributed by atoms with Crippen LogP contribution in [-0.4, -0.2) is 30.8 Å². The molecule has 8 aromatic rings. The van der Waals surface area contributed by atoms with Crippen LogP contribution in [0.3, 0.4) is 0 Å². The molecule has 2 heterocycles. The fourth-order valence-electron chi connectivity index (χ4n) is 6.10. The van der Waals surface area contributed by atoms with Crippen LogP contribution < -0.4 is 0 Å². The van der Waals surface area contributed by atoms with Gasteiger partial charge in [-0.3, -0.25) is 0 Å². The molecule has 0 aliphatic heterocycles. The lowest BCUT2D eigenvalue weighted by molar-refractivity contribution is 0.878. The molecule has 0 radical (unpaired) electrons. The Morgan fingerprint density at radius 3 is 0.820 bits per heavy atom. The van der Waals surface area contributed by atoms with Gasteiger partial charge in [0, 0.05) is 33.4 Å². The van der Waals surface area contributed by atoms with Crippen molar-refractivity contribution in [3.05, 3.63) is 181 Å². The quantitative estimate of drug-likeness (QED) is 0.154. The molecule has 0 aliphatic rings. The summed E-state index contributed by atoms with van der Waals surface area (Å²) in [4.78, 5) is 0. The third-order valence-electron chi connectivity index (χ3n) is 8.58. The molecular weight excluding hydrogens is 613 g/mol. The van der Waals surface area contributed by atoms with Gasteiger partial charge in [0.05, 0.1) is 0 Å². The Kier molecular flexibility index (Phi) is 8.55. The predicted octanol–water partition coefficient (Wildman–Crippen LogP) is 10.2. The fourth-order valence-corrected chi connectivity index (χ4v) is 6.10. The van der Waals surface area contributed by atoms with Crippen molar-refractivity contribution >= 4 is 12.2 Å². The van der Waals surface area contributed by atoms with Crippen molar-refractivity contribution in [1.82, 2.24) is 30.8 Å². The van der Waals surface area contributed by atoms with E-state index in [2.05, 4.69) is 140 Å². The smallest absolute Gasteiger partial charge is 0.105 e. The summed E-state index contributed by atoms with van der Waals surface area (Å²) >= 11 is 0. The molecule has 6 aromatic carbocycles. The van der Waals surface area contributed by atoms with Crippen LogP contribution >= 0.6 is 0 Å². The summed E-state index contributed by atoms with van der Waals surface area (Å²) in [5, 5.41) is 26.3. The molecule has 6 heteroatoms. The van der Waals surface area contributed by atoms with Gasteiger partial charge < -0.3 is 0 Å². The van der Waals surface area contributed by atoms with Crippen LogP contribution in [0.25, 0.3) is 79.4 Å². The Balaban J connectivity index is 1.08. The van der Waals surface area contributed by atoms with Gasteiger partial charge in [0.15, 0.2) is 0 Å². The first-order valence-corrected chi connectivity index (χ1v) is 16.4. The molecular formula is C44H30N6. The summed E-state index contributed by atoms with van der Waals surface area (Å²) in [5.41, 5.74) is 13.3. The monoisotopic (exact) mass is 642 g/mol. The second-order valence-corrected chi connectivity index (χ2v) is 11.8. The van der Waals surface area contributed by atoms with E-state index in [0.29, 0.717) is 0 Å². The third kappa shape index (κ3) is 6.33. The molecule has 0 aliphatic carbocycles. The summed E-state index contributed by atoms with van der Waals surface area (Å²) in [6.45, 7) is 0. The van der Waals surface area contributed by atoms with Crippen molar-refractivity contribution in [2.45, 2.75) is 0 Å². The summed E-state index contributed by atoms with van der Waals surface area (Å²) in [6, 6.07) is 57.5. The topological polar surface area (TPSA) is 77.3 Å². The molecule has 0 fully saturated rings. The lowest BCUT2D eigenvalue weighted by Crippen LogP contribution is -2.00. The van der Waals surface area contributed by atoms with Crippen LogP contribution in [0.4, 0.5) is 0 Å². The zero-order valence-electron chi connectivity index (χ0n) is 27.0. The van der Waals surface area contributed by atoms with E-state index in [1.807, 2.05) is 72.8 Å². The van der Waals surface area contributed by atoms with Gasteiger partial charge in [0.2, 0.25) is 0 Å². The Hall–Kier alpha value is -6.92. The summed E-state index contributed by atoms with van der Waals surface area (Å²) in [6.07, 6.45) is 4.22. The average Bonchev–Trinajstić information content (AvgIpc) is 3.21. The van der Waals surface area contributed by atoms with Crippen molar-refractivity contribution < 1.29 is 0 Å². The molecule has 0 amide bonds. The lowest BCUT2D eigenvalue weighted by atomic mass is 9.94. The minimum atomic E-state index is 0.792. The maximum Gasteiger partial charge on any atom is 0.105 e. The minimum Gasteiger partial charge on any atom is -0.129 e. The van der Waals surface area contributed by atoms with Crippen LogP contribution in [0.5, 0.6) is 0 Å². The van der Waals surface area contributed by atoms with E-state index < -0.39 is 0 Å². The first kappa shape index (κ1) is 30.4. The standard InChI is InChI=1S/C44H30N6/c1-5-13-33(14-6-1)39-41(35-17-9-3-10-18-35)45-49-47-43(39)37-27-23-31(24-28-37)21-22-32-25-29-38(30-26-32)44-40(34-15-7-2-8-16-34)42(46-50-48-44)36-19-11-4-12-20-36/h1-30H. The molecule has 50 heavy (non-hydrogen) atoms. The number of hydrogen-bond donors (Lipinski definition) is 0. The van der Waals surface area contributed by atoms with Gasteiger partial charge in [-0.2, -0.15) is 0 Å². The van der Waals surface area contributed by atoms with Crippen LogP contribution in [0.15, 0.2) is 170 Å². The van der Waals surface area contributed by atoms with E-state index in [9.17, 15) is 0 Å². The second-order valence-electron chi connectivity index (χ2n) is 11.8. The van der Waals surface area contributed by atoms with E-state index in [-0.39, 0.29) is 0 Å². The highest BCUT2D eigenvalue weighted by atomic mass is 15.3. The average molecular weight is 643 g/mol. The van der Waals surface area contributed by atoms with Gasteiger partial charge >= 0.3 is 0 Å². The number of rotatable bonds is 8. The normalized spacial score (nSPS) is 11.1. The van der Waals surface area contributed by atoms with Crippen molar-refractivity contribution in [1.29, 1.82) is 0 Å². The Labute approximate surface area is 290 Å². The van der Waals surface area contributed by atoms with Crippen LogP contribution in [-0.2, 0) is 0 Å². The molecule has 2 aromatic heterocycles. The van der Waals surface area contributed by atoms with Gasteiger partial charge in [-0.15, -0.1) is 20.4 Å². The van der Waals surface area contributed by atoms with E-state index in [4.69, 9.17) is 0 Å². The lowest BCUT2D eigenvalue weighted by Gasteiger charge is -2.13. The van der Waals surface area contributed by atoms with Gasteiger partial charge in [-0.25, -0.2) is 0 Å². The van der Waals surface area contributed by atoms with Crippen molar-refractivity contribution in [2.24, 2.45) is 0 Å². The highest BCUT2D eigenvalue weighted by Crippen LogP contribution is 2.38. The van der Waals surface area contributed by atoms with Crippen LogP contribution in [0, 0.1) is 0 Å². The zero-order chi connectivity index (χ0) is 33.5. The molecule has 0 saturated heterocycles. The molecule has 0 unspecified atom stereocenters. The third-order valence-corrected chi connectivity index (χ3v) is 8.58. The minimum absolute atomic E-state index is 0.792. The molecule has 0 bridgehead atoms. The number of aromatic nitrogens is 6. The molecule has 0 saturated carbocycles. The van der Waals surface area contributed by atoms with Crippen molar-refractivity contribution in [3.8, 4) is 67.3 Å².